The van der Waals surface area contributed by atoms with Crippen LogP contribution in [-0.4, -0.2) is 36.5 Å². The molecular formula is C18H17ClN2O6. The van der Waals surface area contributed by atoms with Gasteiger partial charge in [0.25, 0.3) is 11.8 Å². The molecule has 2 N–H and O–H groups in total. The average Bonchev–Trinajstić information content (AvgIpc) is 3.27. The minimum atomic E-state index is -0.680. The molecule has 1 aromatic rings. The summed E-state index contributed by atoms with van der Waals surface area (Å²) in [5.41, 5.74) is 4.72. The van der Waals surface area contributed by atoms with Gasteiger partial charge in [0.2, 0.25) is 0 Å². The molecule has 2 amide bonds. The summed E-state index contributed by atoms with van der Waals surface area (Å²) in [5, 5.41) is 0.487. The number of ether oxygens (including phenoxy) is 2. The van der Waals surface area contributed by atoms with Crippen molar-refractivity contribution in [1.82, 2.24) is 10.9 Å². The highest BCUT2D eigenvalue weighted by Gasteiger charge is 2.64. The molecule has 0 radical (unpaired) electrons. The van der Waals surface area contributed by atoms with E-state index in [0.29, 0.717) is 17.0 Å². The zero-order valence-corrected chi connectivity index (χ0v) is 14.9. The predicted octanol–water partition coefficient (Wildman–Crippen LogP) is 0.842. The maximum absolute atomic E-state index is 12.4. The summed E-state index contributed by atoms with van der Waals surface area (Å²) in [4.78, 5) is 48.0. The van der Waals surface area contributed by atoms with E-state index >= 15 is 0 Å². The van der Waals surface area contributed by atoms with Gasteiger partial charge in [0.1, 0.15) is 6.10 Å². The molecule has 2 saturated carbocycles. The third-order valence-corrected chi connectivity index (χ3v) is 5.77. The van der Waals surface area contributed by atoms with Gasteiger partial charge in [-0.3, -0.25) is 30.0 Å². The van der Waals surface area contributed by atoms with Crippen molar-refractivity contribution in [2.45, 2.75) is 18.9 Å². The number of nitrogens with one attached hydrogen (secondary N) is 2. The van der Waals surface area contributed by atoms with E-state index in [1.807, 2.05) is 0 Å². The second-order valence-electron chi connectivity index (χ2n) is 7.04. The molecule has 5 atom stereocenters. The summed E-state index contributed by atoms with van der Waals surface area (Å²) in [6.45, 7) is -0.543. The van der Waals surface area contributed by atoms with Crippen molar-refractivity contribution in [2.24, 2.45) is 23.7 Å². The Kier molecular flexibility index (Phi) is 4.51. The smallest absolute Gasteiger partial charge is 0.310 e. The van der Waals surface area contributed by atoms with Crippen molar-refractivity contribution in [1.29, 1.82) is 0 Å². The number of benzene rings is 1. The molecule has 0 spiro atoms. The summed E-state index contributed by atoms with van der Waals surface area (Å²) in [7, 11) is 0. The SMILES string of the molecule is O=C(COC(=O)[C@H]1[C@@H]2C[C@@H]3[C@@H]1C(=O)O[C@@H]3C2)NNC(=O)c1ccc(Cl)cc1. The first-order valence-corrected chi connectivity index (χ1v) is 9.03. The van der Waals surface area contributed by atoms with Gasteiger partial charge in [-0.1, -0.05) is 11.6 Å². The Morgan fingerprint density at radius 3 is 2.63 bits per heavy atom. The molecule has 142 valence electrons. The number of hydrazine groups is 1. The second-order valence-corrected chi connectivity index (χ2v) is 7.48. The standard InChI is InChI=1S/C18H17ClN2O6/c19-10-3-1-8(2-4-10)16(23)21-20-13(22)7-26-17(24)14-9-5-11-12(6-9)27-18(25)15(11)14/h1-4,9,11-12,14-15H,5-7H2,(H,20,22)(H,21,23)/t9-,11+,12-,14+,15+/m1/s1. The highest BCUT2D eigenvalue weighted by atomic mass is 35.5. The molecule has 3 fully saturated rings. The van der Waals surface area contributed by atoms with Crippen LogP contribution in [-0.2, 0) is 23.9 Å². The Morgan fingerprint density at radius 1 is 1.15 bits per heavy atom. The van der Waals surface area contributed by atoms with Crippen molar-refractivity contribution in [3.05, 3.63) is 34.9 Å². The fourth-order valence-electron chi connectivity index (χ4n) is 4.39. The summed E-state index contributed by atoms with van der Waals surface area (Å²) in [6, 6.07) is 6.11. The number of carbonyl (C=O) groups excluding carboxylic acids is 4. The maximum atomic E-state index is 12.4. The molecule has 2 bridgehead atoms. The lowest BCUT2D eigenvalue weighted by Gasteiger charge is -2.22. The van der Waals surface area contributed by atoms with E-state index in [9.17, 15) is 19.2 Å². The largest absolute Gasteiger partial charge is 0.462 e. The quantitative estimate of drug-likeness (QED) is 0.580. The van der Waals surface area contributed by atoms with E-state index in [4.69, 9.17) is 21.1 Å². The maximum Gasteiger partial charge on any atom is 0.310 e. The molecular weight excluding hydrogens is 376 g/mol. The van der Waals surface area contributed by atoms with E-state index in [1.54, 1.807) is 12.1 Å². The van der Waals surface area contributed by atoms with E-state index < -0.39 is 36.2 Å². The third-order valence-electron chi connectivity index (χ3n) is 5.52. The molecule has 3 aliphatic rings. The van der Waals surface area contributed by atoms with E-state index in [2.05, 4.69) is 10.9 Å². The zero-order valence-electron chi connectivity index (χ0n) is 14.1. The monoisotopic (exact) mass is 392 g/mol. The fraction of sp³-hybridized carbons (Fsp3) is 0.444. The number of fused-ring (bicyclic) bond motifs is 1. The molecule has 1 aromatic carbocycles. The molecule has 4 rings (SSSR count). The Balaban J connectivity index is 1.25. The molecule has 1 saturated heterocycles. The van der Waals surface area contributed by atoms with Gasteiger partial charge in [-0.15, -0.1) is 0 Å². The lowest BCUT2D eigenvalue weighted by Crippen LogP contribution is -2.44. The minimum Gasteiger partial charge on any atom is -0.462 e. The number of carbonyl (C=O) groups is 4. The number of esters is 2. The Morgan fingerprint density at radius 2 is 1.89 bits per heavy atom. The van der Waals surface area contributed by atoms with Gasteiger partial charge in [0.05, 0.1) is 11.8 Å². The average molecular weight is 393 g/mol. The van der Waals surface area contributed by atoms with Crippen LogP contribution in [0, 0.1) is 23.7 Å². The van der Waals surface area contributed by atoms with Gasteiger partial charge in [-0.25, -0.2) is 0 Å². The van der Waals surface area contributed by atoms with Crippen molar-refractivity contribution >= 4 is 35.4 Å². The normalized spacial score (nSPS) is 30.0. The second kappa shape index (κ2) is 6.84. The van der Waals surface area contributed by atoms with Crippen molar-refractivity contribution in [2.75, 3.05) is 6.61 Å². The molecule has 27 heavy (non-hydrogen) atoms. The van der Waals surface area contributed by atoms with Crippen LogP contribution in [0.15, 0.2) is 24.3 Å². The molecule has 0 unspecified atom stereocenters. The van der Waals surface area contributed by atoms with Crippen LogP contribution >= 0.6 is 11.6 Å². The Labute approximate surface area is 159 Å². The van der Waals surface area contributed by atoms with Gasteiger partial charge in [0.15, 0.2) is 6.61 Å². The molecule has 1 aliphatic heterocycles. The summed E-state index contributed by atoms with van der Waals surface area (Å²) in [6.07, 6.45) is 1.39. The lowest BCUT2D eigenvalue weighted by atomic mass is 9.80. The van der Waals surface area contributed by atoms with Crippen LogP contribution in [0.25, 0.3) is 0 Å². The minimum absolute atomic E-state index is 0.0663. The molecule has 9 heteroatoms. The van der Waals surface area contributed by atoms with Gasteiger partial charge in [-0.2, -0.15) is 0 Å². The van der Waals surface area contributed by atoms with Crippen LogP contribution in [0.3, 0.4) is 0 Å². The third kappa shape index (κ3) is 3.25. The molecule has 1 heterocycles. The number of hydrogen-bond donors (Lipinski definition) is 2. The molecule has 2 aliphatic carbocycles. The van der Waals surface area contributed by atoms with Crippen LogP contribution < -0.4 is 10.9 Å². The molecule has 0 aromatic heterocycles. The summed E-state index contributed by atoms with van der Waals surface area (Å²) in [5.74, 6) is -2.95. The predicted molar refractivity (Wildman–Crippen MR) is 91.1 cm³/mol. The topological polar surface area (TPSA) is 111 Å². The van der Waals surface area contributed by atoms with Crippen molar-refractivity contribution in [3.63, 3.8) is 0 Å². The van der Waals surface area contributed by atoms with Crippen LogP contribution in [0.5, 0.6) is 0 Å². The number of rotatable bonds is 4. The first-order chi connectivity index (χ1) is 12.9. The number of amides is 2. The highest BCUT2D eigenvalue weighted by molar-refractivity contribution is 6.30. The fourth-order valence-corrected chi connectivity index (χ4v) is 4.52. The number of halogens is 1. The van der Waals surface area contributed by atoms with Crippen LogP contribution in [0.4, 0.5) is 0 Å². The number of hydrogen-bond acceptors (Lipinski definition) is 6. The van der Waals surface area contributed by atoms with Gasteiger partial charge < -0.3 is 9.47 Å². The van der Waals surface area contributed by atoms with Crippen LogP contribution in [0.2, 0.25) is 5.02 Å². The Bertz CT molecular complexity index is 809. The van der Waals surface area contributed by atoms with Crippen LogP contribution in [0.1, 0.15) is 23.2 Å². The van der Waals surface area contributed by atoms with E-state index in [-0.39, 0.29) is 23.9 Å². The van der Waals surface area contributed by atoms with E-state index in [1.165, 1.54) is 12.1 Å². The van der Waals surface area contributed by atoms with Crippen molar-refractivity contribution < 1.29 is 28.7 Å². The summed E-state index contributed by atoms with van der Waals surface area (Å²) < 4.78 is 10.3. The van der Waals surface area contributed by atoms with Gasteiger partial charge in [-0.05, 0) is 43.0 Å². The first-order valence-electron chi connectivity index (χ1n) is 8.66. The highest BCUT2D eigenvalue weighted by Crippen LogP contribution is 2.57. The molecule has 8 nitrogen and oxygen atoms in total. The Hall–Kier alpha value is -2.61. The van der Waals surface area contributed by atoms with Crippen molar-refractivity contribution in [3.8, 4) is 0 Å². The van der Waals surface area contributed by atoms with Gasteiger partial charge >= 0.3 is 11.9 Å². The van der Waals surface area contributed by atoms with Gasteiger partial charge in [0, 0.05) is 16.5 Å². The lowest BCUT2D eigenvalue weighted by molar-refractivity contribution is -0.158. The zero-order chi connectivity index (χ0) is 19.1. The van der Waals surface area contributed by atoms with E-state index in [0.717, 1.165) is 6.42 Å². The first kappa shape index (κ1) is 17.8. The summed E-state index contributed by atoms with van der Waals surface area (Å²) >= 11 is 5.75.